The zero-order valence-electron chi connectivity index (χ0n) is 13.7. The van der Waals surface area contributed by atoms with Gasteiger partial charge in [-0.25, -0.2) is 0 Å². The van der Waals surface area contributed by atoms with E-state index < -0.39 is 6.23 Å². The number of aliphatic hydroxyl groups is 1. The second kappa shape index (κ2) is 7.16. The molecule has 3 rings (SSSR count). The number of phenols is 1. The molecule has 0 saturated heterocycles. The van der Waals surface area contributed by atoms with Crippen LogP contribution in [0.2, 0.25) is 0 Å². The van der Waals surface area contributed by atoms with Gasteiger partial charge in [-0.2, -0.15) is 0 Å². The fourth-order valence-corrected chi connectivity index (χ4v) is 3.57. The highest BCUT2D eigenvalue weighted by Crippen LogP contribution is 2.28. The summed E-state index contributed by atoms with van der Waals surface area (Å²) in [6.45, 7) is 2.59. The molecule has 0 amide bonds. The van der Waals surface area contributed by atoms with Crippen LogP contribution in [-0.4, -0.2) is 27.4 Å². The van der Waals surface area contributed by atoms with Crippen molar-refractivity contribution in [3.8, 4) is 5.75 Å². The van der Waals surface area contributed by atoms with Crippen LogP contribution in [-0.2, 0) is 19.4 Å². The SMILES string of the molecule is CC(O)N(Cc1ccccc1)C1CCCc2ccc(O)cc2C1. The summed E-state index contributed by atoms with van der Waals surface area (Å²) in [7, 11) is 0. The van der Waals surface area contributed by atoms with E-state index in [9.17, 15) is 10.2 Å². The maximum atomic E-state index is 10.3. The molecule has 1 aliphatic carbocycles. The van der Waals surface area contributed by atoms with Crippen molar-refractivity contribution in [2.45, 2.75) is 51.4 Å². The van der Waals surface area contributed by atoms with Crippen LogP contribution in [0, 0.1) is 0 Å². The quantitative estimate of drug-likeness (QED) is 0.671. The van der Waals surface area contributed by atoms with Gasteiger partial charge in [0.15, 0.2) is 0 Å². The molecule has 3 nitrogen and oxygen atoms in total. The molecule has 0 saturated carbocycles. The molecule has 2 aromatic carbocycles. The first-order valence-corrected chi connectivity index (χ1v) is 8.42. The number of benzene rings is 2. The van der Waals surface area contributed by atoms with E-state index in [1.165, 1.54) is 16.7 Å². The molecule has 0 aromatic heterocycles. The van der Waals surface area contributed by atoms with Crippen LogP contribution in [0.25, 0.3) is 0 Å². The van der Waals surface area contributed by atoms with E-state index in [-0.39, 0.29) is 0 Å². The molecular weight excluding hydrogens is 286 g/mol. The van der Waals surface area contributed by atoms with Crippen LogP contribution >= 0.6 is 0 Å². The molecule has 23 heavy (non-hydrogen) atoms. The lowest BCUT2D eigenvalue weighted by molar-refractivity contribution is -0.0205. The minimum Gasteiger partial charge on any atom is -0.508 e. The number of aryl methyl sites for hydroxylation is 1. The Hall–Kier alpha value is -1.84. The Kier molecular flexibility index (Phi) is 4.99. The Balaban J connectivity index is 1.82. The van der Waals surface area contributed by atoms with E-state index in [1.807, 2.05) is 37.3 Å². The maximum absolute atomic E-state index is 10.3. The number of rotatable bonds is 4. The average Bonchev–Trinajstić information content (AvgIpc) is 2.75. The van der Waals surface area contributed by atoms with Gasteiger partial charge in [0.1, 0.15) is 12.0 Å². The summed E-state index contributed by atoms with van der Waals surface area (Å²) in [5.41, 5.74) is 3.76. The van der Waals surface area contributed by atoms with Crippen molar-refractivity contribution in [2.24, 2.45) is 0 Å². The number of fused-ring (bicyclic) bond motifs is 1. The lowest BCUT2D eigenvalue weighted by Gasteiger charge is -2.33. The Morgan fingerprint density at radius 2 is 1.91 bits per heavy atom. The molecule has 0 radical (unpaired) electrons. The van der Waals surface area contributed by atoms with Gasteiger partial charge in [0, 0.05) is 12.6 Å². The molecular formula is C20H25NO2. The van der Waals surface area contributed by atoms with E-state index in [2.05, 4.69) is 17.0 Å². The van der Waals surface area contributed by atoms with E-state index >= 15 is 0 Å². The Morgan fingerprint density at radius 3 is 2.65 bits per heavy atom. The van der Waals surface area contributed by atoms with Gasteiger partial charge in [-0.05, 0) is 61.4 Å². The smallest absolute Gasteiger partial charge is 0.115 e. The van der Waals surface area contributed by atoms with E-state index in [0.29, 0.717) is 11.8 Å². The zero-order chi connectivity index (χ0) is 16.2. The standard InChI is InChI=1S/C20H25NO2/c1-15(22)21(14-16-6-3-2-4-7-16)19-9-5-8-17-10-11-20(23)13-18(17)12-19/h2-4,6-7,10-11,13,15,19,22-23H,5,8-9,12,14H2,1H3. The van der Waals surface area contributed by atoms with Gasteiger partial charge in [-0.15, -0.1) is 0 Å². The highest BCUT2D eigenvalue weighted by Gasteiger charge is 2.25. The molecule has 122 valence electrons. The monoisotopic (exact) mass is 311 g/mol. The minimum absolute atomic E-state index is 0.290. The first-order chi connectivity index (χ1) is 11.1. The van der Waals surface area contributed by atoms with Gasteiger partial charge in [0.2, 0.25) is 0 Å². The molecule has 0 heterocycles. The van der Waals surface area contributed by atoms with E-state index in [4.69, 9.17) is 0 Å². The molecule has 2 atom stereocenters. The van der Waals surface area contributed by atoms with E-state index in [0.717, 1.165) is 32.2 Å². The predicted octanol–water partition coefficient (Wildman–Crippen LogP) is 3.48. The van der Waals surface area contributed by atoms with Gasteiger partial charge >= 0.3 is 0 Å². The predicted molar refractivity (Wildman–Crippen MR) is 92.2 cm³/mol. The second-order valence-corrected chi connectivity index (χ2v) is 6.49. The summed E-state index contributed by atoms with van der Waals surface area (Å²) >= 11 is 0. The Bertz CT molecular complexity index is 639. The number of hydrogen-bond donors (Lipinski definition) is 2. The van der Waals surface area contributed by atoms with Crippen LogP contribution in [0.1, 0.15) is 36.5 Å². The van der Waals surface area contributed by atoms with Crippen LogP contribution in [0.5, 0.6) is 5.75 Å². The first-order valence-electron chi connectivity index (χ1n) is 8.42. The normalized spacial score (nSPS) is 19.2. The van der Waals surface area contributed by atoms with Crippen molar-refractivity contribution in [2.75, 3.05) is 0 Å². The molecule has 2 aromatic rings. The topological polar surface area (TPSA) is 43.7 Å². The summed E-state index contributed by atoms with van der Waals surface area (Å²) < 4.78 is 0. The molecule has 0 aliphatic heterocycles. The van der Waals surface area contributed by atoms with Crippen LogP contribution in [0.3, 0.4) is 0 Å². The summed E-state index contributed by atoms with van der Waals surface area (Å²) in [5, 5.41) is 20.1. The number of aliphatic hydroxyl groups excluding tert-OH is 1. The molecule has 2 unspecified atom stereocenters. The Morgan fingerprint density at radius 1 is 1.13 bits per heavy atom. The fourth-order valence-electron chi connectivity index (χ4n) is 3.57. The third-order valence-electron chi connectivity index (χ3n) is 4.79. The maximum Gasteiger partial charge on any atom is 0.115 e. The third kappa shape index (κ3) is 3.92. The van der Waals surface area contributed by atoms with Crippen molar-refractivity contribution in [1.29, 1.82) is 0 Å². The van der Waals surface area contributed by atoms with Gasteiger partial charge in [-0.1, -0.05) is 36.4 Å². The van der Waals surface area contributed by atoms with Gasteiger partial charge in [-0.3, -0.25) is 4.90 Å². The molecule has 3 heteroatoms. The minimum atomic E-state index is -0.487. The summed E-state index contributed by atoms with van der Waals surface area (Å²) in [4.78, 5) is 2.18. The number of phenolic OH excluding ortho intramolecular Hbond substituents is 1. The molecule has 0 bridgehead atoms. The van der Waals surface area contributed by atoms with Gasteiger partial charge in [0.05, 0.1) is 0 Å². The van der Waals surface area contributed by atoms with Gasteiger partial charge in [0.25, 0.3) is 0 Å². The number of hydrogen-bond acceptors (Lipinski definition) is 3. The van der Waals surface area contributed by atoms with Gasteiger partial charge < -0.3 is 10.2 Å². The van der Waals surface area contributed by atoms with Crippen LogP contribution in [0.15, 0.2) is 48.5 Å². The lowest BCUT2D eigenvalue weighted by atomic mass is 10.00. The Labute approximate surface area is 138 Å². The number of nitrogens with zero attached hydrogens (tertiary/aromatic N) is 1. The summed E-state index contributed by atoms with van der Waals surface area (Å²) in [6.07, 6.45) is 3.61. The van der Waals surface area contributed by atoms with Crippen LogP contribution in [0.4, 0.5) is 0 Å². The number of aromatic hydroxyl groups is 1. The highest BCUT2D eigenvalue weighted by molar-refractivity contribution is 5.36. The molecule has 0 spiro atoms. The largest absolute Gasteiger partial charge is 0.508 e. The lowest BCUT2D eigenvalue weighted by Crippen LogP contribution is -2.42. The molecule has 1 aliphatic rings. The van der Waals surface area contributed by atoms with Crippen molar-refractivity contribution in [3.63, 3.8) is 0 Å². The van der Waals surface area contributed by atoms with Crippen molar-refractivity contribution in [1.82, 2.24) is 4.90 Å². The third-order valence-corrected chi connectivity index (χ3v) is 4.79. The highest BCUT2D eigenvalue weighted by atomic mass is 16.3. The summed E-state index contributed by atoms with van der Waals surface area (Å²) in [5.74, 6) is 0.330. The molecule has 0 fully saturated rings. The zero-order valence-corrected chi connectivity index (χ0v) is 13.7. The molecule has 2 N–H and O–H groups in total. The second-order valence-electron chi connectivity index (χ2n) is 6.49. The average molecular weight is 311 g/mol. The first kappa shape index (κ1) is 16.0. The fraction of sp³-hybridized carbons (Fsp3) is 0.400. The summed E-state index contributed by atoms with van der Waals surface area (Å²) in [6, 6.07) is 16.3. The van der Waals surface area contributed by atoms with Crippen LogP contribution < -0.4 is 0 Å². The van der Waals surface area contributed by atoms with Crippen molar-refractivity contribution in [3.05, 3.63) is 65.2 Å². The van der Waals surface area contributed by atoms with E-state index in [1.54, 1.807) is 6.07 Å². The van der Waals surface area contributed by atoms with Crippen molar-refractivity contribution >= 4 is 0 Å². The van der Waals surface area contributed by atoms with Crippen molar-refractivity contribution < 1.29 is 10.2 Å².